The molecule has 0 bridgehead atoms. The van der Waals surface area contributed by atoms with Crippen LogP contribution in [0.4, 0.5) is 11.5 Å². The van der Waals surface area contributed by atoms with Crippen LogP contribution in [0.15, 0.2) is 53.4 Å². The molecule has 178 valence electrons. The first-order valence-corrected chi connectivity index (χ1v) is 13.2. The molecule has 4 rings (SSSR count). The maximum Gasteiger partial charge on any atom is 0.269 e. The minimum atomic E-state index is -3.62. The Labute approximate surface area is 201 Å². The van der Waals surface area contributed by atoms with Crippen LogP contribution in [0.25, 0.3) is 5.69 Å². The first-order chi connectivity index (χ1) is 16.3. The molecule has 0 unspecified atom stereocenters. The van der Waals surface area contributed by atoms with E-state index in [1.54, 1.807) is 42.4 Å². The number of anilines is 1. The number of nitro groups is 1. The van der Waals surface area contributed by atoms with Gasteiger partial charge >= 0.3 is 0 Å². The molecule has 12 heteroatoms. The van der Waals surface area contributed by atoms with Gasteiger partial charge in [-0.2, -0.15) is 21.2 Å². The van der Waals surface area contributed by atoms with Crippen molar-refractivity contribution in [2.24, 2.45) is 0 Å². The number of nitro benzene ring substituents is 1. The molecule has 0 radical (unpaired) electrons. The number of sulfonamides is 1. The fourth-order valence-corrected chi connectivity index (χ4v) is 6.21. The Kier molecular flexibility index (Phi) is 6.73. The lowest BCUT2D eigenvalue weighted by atomic mass is 10.2. The summed E-state index contributed by atoms with van der Waals surface area (Å²) in [5, 5.41) is 18.5. The number of nitrogens with one attached hydrogen (secondary N) is 1. The van der Waals surface area contributed by atoms with Gasteiger partial charge in [0.2, 0.25) is 10.0 Å². The lowest BCUT2D eigenvalue weighted by molar-refractivity contribution is -0.384. The van der Waals surface area contributed by atoms with Crippen molar-refractivity contribution in [1.29, 1.82) is 0 Å². The highest BCUT2D eigenvalue weighted by atomic mass is 32.2. The van der Waals surface area contributed by atoms with E-state index in [0.29, 0.717) is 41.7 Å². The second-order valence-electron chi connectivity index (χ2n) is 7.52. The van der Waals surface area contributed by atoms with Crippen molar-refractivity contribution >= 4 is 39.2 Å². The van der Waals surface area contributed by atoms with Crippen molar-refractivity contribution in [2.75, 3.05) is 18.4 Å². The molecule has 0 fully saturated rings. The van der Waals surface area contributed by atoms with E-state index in [-0.39, 0.29) is 10.6 Å². The minimum Gasteiger partial charge on any atom is -0.306 e. The van der Waals surface area contributed by atoms with Crippen molar-refractivity contribution in [3.63, 3.8) is 0 Å². The Morgan fingerprint density at radius 3 is 2.35 bits per heavy atom. The van der Waals surface area contributed by atoms with Crippen LogP contribution in [0.5, 0.6) is 0 Å². The molecule has 2 aromatic carbocycles. The highest BCUT2D eigenvalue weighted by Crippen LogP contribution is 2.36. The number of non-ortho nitro benzene ring substituents is 1. The minimum absolute atomic E-state index is 0.0376. The van der Waals surface area contributed by atoms with Crippen molar-refractivity contribution in [2.45, 2.75) is 30.2 Å². The number of aromatic nitrogens is 2. The number of amides is 1. The summed E-state index contributed by atoms with van der Waals surface area (Å²) in [4.78, 5) is 23.7. The maximum absolute atomic E-state index is 13.0. The first-order valence-electron chi connectivity index (χ1n) is 10.6. The van der Waals surface area contributed by atoms with E-state index in [9.17, 15) is 23.3 Å². The number of nitrogens with zero attached hydrogens (tertiary/aromatic N) is 4. The molecule has 0 spiro atoms. The predicted molar refractivity (Wildman–Crippen MR) is 130 cm³/mol. The number of rotatable bonds is 8. The SMILES string of the molecule is CCN(CC)S(=O)(=O)c1ccc(C(=O)Nc2c3c(nn2-c2ccc([N+](=O)[O-])cc2)CSC3)cc1. The lowest BCUT2D eigenvalue weighted by Crippen LogP contribution is -2.30. The van der Waals surface area contributed by atoms with Crippen molar-refractivity contribution < 1.29 is 18.1 Å². The number of hydrogen-bond acceptors (Lipinski definition) is 7. The largest absolute Gasteiger partial charge is 0.306 e. The van der Waals surface area contributed by atoms with Crippen LogP contribution in [0.2, 0.25) is 0 Å². The smallest absolute Gasteiger partial charge is 0.269 e. The van der Waals surface area contributed by atoms with Gasteiger partial charge in [0.1, 0.15) is 5.82 Å². The van der Waals surface area contributed by atoms with Crippen LogP contribution in [-0.2, 0) is 21.5 Å². The third-order valence-electron chi connectivity index (χ3n) is 5.55. The van der Waals surface area contributed by atoms with Gasteiger partial charge in [0.25, 0.3) is 11.6 Å². The van der Waals surface area contributed by atoms with E-state index in [2.05, 4.69) is 10.4 Å². The van der Waals surface area contributed by atoms with E-state index >= 15 is 0 Å². The lowest BCUT2D eigenvalue weighted by Gasteiger charge is -2.18. The zero-order chi connectivity index (χ0) is 24.5. The summed E-state index contributed by atoms with van der Waals surface area (Å²) < 4.78 is 28.3. The highest BCUT2D eigenvalue weighted by molar-refractivity contribution is 7.98. The molecule has 1 aliphatic heterocycles. The number of carbonyl (C=O) groups is 1. The zero-order valence-electron chi connectivity index (χ0n) is 18.6. The van der Waals surface area contributed by atoms with Crippen molar-refractivity contribution in [3.8, 4) is 5.69 Å². The zero-order valence-corrected chi connectivity index (χ0v) is 20.2. The third-order valence-corrected chi connectivity index (χ3v) is 8.58. The molecular formula is C22H23N5O5S2. The van der Waals surface area contributed by atoms with E-state index in [1.165, 1.54) is 40.7 Å². The summed E-state index contributed by atoms with van der Waals surface area (Å²) in [5.74, 6) is 1.47. The van der Waals surface area contributed by atoms with Gasteiger partial charge in [-0.15, -0.1) is 0 Å². The number of thioether (sulfide) groups is 1. The molecule has 0 saturated heterocycles. The fourth-order valence-electron chi connectivity index (χ4n) is 3.71. The van der Waals surface area contributed by atoms with Gasteiger partial charge in [-0.25, -0.2) is 13.1 Å². The Morgan fingerprint density at radius 2 is 1.76 bits per heavy atom. The summed E-state index contributed by atoms with van der Waals surface area (Å²) in [6, 6.07) is 11.7. The number of benzene rings is 2. The topological polar surface area (TPSA) is 127 Å². The molecule has 1 amide bonds. The number of carbonyl (C=O) groups excluding carboxylic acids is 1. The van der Waals surface area contributed by atoms with Gasteiger partial charge < -0.3 is 5.32 Å². The average Bonchev–Trinajstić information content (AvgIpc) is 3.42. The van der Waals surface area contributed by atoms with Crippen LogP contribution in [0, 0.1) is 10.1 Å². The summed E-state index contributed by atoms with van der Waals surface area (Å²) in [5.41, 5.74) is 2.59. The van der Waals surface area contributed by atoms with Crippen LogP contribution in [0.1, 0.15) is 35.5 Å². The summed E-state index contributed by atoms with van der Waals surface area (Å²) in [6.07, 6.45) is 0. The summed E-state index contributed by atoms with van der Waals surface area (Å²) in [7, 11) is -3.62. The van der Waals surface area contributed by atoms with Gasteiger partial charge in [-0.1, -0.05) is 13.8 Å². The van der Waals surface area contributed by atoms with Gasteiger partial charge in [-0.05, 0) is 36.4 Å². The van der Waals surface area contributed by atoms with E-state index in [4.69, 9.17) is 0 Å². The molecule has 1 aliphatic rings. The van der Waals surface area contributed by atoms with Crippen LogP contribution >= 0.6 is 11.8 Å². The van der Waals surface area contributed by atoms with E-state index in [0.717, 1.165) is 11.3 Å². The van der Waals surface area contributed by atoms with Gasteiger partial charge in [0.05, 0.1) is 21.2 Å². The van der Waals surface area contributed by atoms with Gasteiger partial charge in [0, 0.05) is 47.9 Å². The van der Waals surface area contributed by atoms with Gasteiger partial charge in [-0.3, -0.25) is 14.9 Å². The summed E-state index contributed by atoms with van der Waals surface area (Å²) in [6.45, 7) is 4.26. The number of fused-ring (bicyclic) bond motifs is 1. The average molecular weight is 502 g/mol. The molecule has 1 aromatic heterocycles. The second kappa shape index (κ2) is 9.57. The van der Waals surface area contributed by atoms with Crippen LogP contribution in [0.3, 0.4) is 0 Å². The Morgan fingerprint density at radius 1 is 1.12 bits per heavy atom. The van der Waals surface area contributed by atoms with Crippen LogP contribution < -0.4 is 5.32 Å². The molecule has 10 nitrogen and oxygen atoms in total. The fraction of sp³-hybridized carbons (Fsp3) is 0.273. The molecular weight excluding hydrogens is 478 g/mol. The maximum atomic E-state index is 13.0. The van der Waals surface area contributed by atoms with E-state index < -0.39 is 20.9 Å². The highest BCUT2D eigenvalue weighted by Gasteiger charge is 2.26. The monoisotopic (exact) mass is 501 g/mol. The quantitative estimate of drug-likeness (QED) is 0.367. The van der Waals surface area contributed by atoms with Gasteiger partial charge in [0.15, 0.2) is 0 Å². The molecule has 3 aromatic rings. The molecule has 0 saturated carbocycles. The third kappa shape index (κ3) is 4.43. The second-order valence-corrected chi connectivity index (χ2v) is 10.4. The van der Waals surface area contributed by atoms with Crippen molar-refractivity contribution in [1.82, 2.24) is 14.1 Å². The molecule has 0 aliphatic carbocycles. The predicted octanol–water partition coefficient (Wildman–Crippen LogP) is 3.81. The normalized spacial score (nSPS) is 13.1. The molecule has 0 atom stereocenters. The molecule has 34 heavy (non-hydrogen) atoms. The Hall–Kier alpha value is -3.22. The molecule has 1 N–H and O–H groups in total. The van der Waals surface area contributed by atoms with Crippen molar-refractivity contribution in [3.05, 3.63) is 75.5 Å². The van der Waals surface area contributed by atoms with E-state index in [1.807, 2.05) is 0 Å². The first kappa shape index (κ1) is 23.9. The van der Waals surface area contributed by atoms with Crippen LogP contribution in [-0.4, -0.2) is 46.4 Å². The standard InChI is InChI=1S/C22H23N5O5S2/c1-3-25(4-2)34(31,32)18-11-5-15(6-12-18)22(28)23-21-19-13-33-14-20(19)24-26(21)16-7-9-17(10-8-16)27(29)30/h5-12H,3-4,13-14H2,1-2H3,(H,23,28). The Bertz CT molecular complexity index is 1330. The molecule has 2 heterocycles. The number of hydrogen-bond donors (Lipinski definition) is 1. The Balaban J connectivity index is 1.62. The summed E-state index contributed by atoms with van der Waals surface area (Å²) >= 11 is 1.68.